The number of benzene rings is 2. The van der Waals surface area contributed by atoms with Gasteiger partial charge in [0.2, 0.25) is 0 Å². The summed E-state index contributed by atoms with van der Waals surface area (Å²) in [5.41, 5.74) is 2.05. The van der Waals surface area contributed by atoms with Gasteiger partial charge in [-0.3, -0.25) is 4.90 Å². The van der Waals surface area contributed by atoms with E-state index in [0.29, 0.717) is 13.1 Å². The molecule has 0 radical (unpaired) electrons. The van der Waals surface area contributed by atoms with Gasteiger partial charge in [0.15, 0.2) is 0 Å². The fourth-order valence-electron chi connectivity index (χ4n) is 2.83. The first-order valence-corrected chi connectivity index (χ1v) is 8.69. The van der Waals surface area contributed by atoms with Gasteiger partial charge in [0, 0.05) is 13.1 Å². The van der Waals surface area contributed by atoms with Crippen molar-refractivity contribution in [2.45, 2.75) is 26.4 Å². The van der Waals surface area contributed by atoms with Crippen molar-refractivity contribution in [3.63, 3.8) is 0 Å². The average Bonchev–Trinajstić information content (AvgIpc) is 2.65. The van der Waals surface area contributed by atoms with Crippen LogP contribution in [-0.2, 0) is 6.54 Å². The third kappa shape index (κ3) is 5.87. The molecule has 2 aromatic carbocycles. The molecule has 134 valence electrons. The summed E-state index contributed by atoms with van der Waals surface area (Å²) in [6.07, 6.45) is 0. The number of halogens is 1. The van der Waals surface area contributed by atoms with Crippen LogP contribution in [0.1, 0.15) is 31.0 Å². The van der Waals surface area contributed by atoms with Gasteiger partial charge in [0.05, 0.1) is 6.04 Å². The Kier molecular flexibility index (Phi) is 7.41. The molecule has 2 aromatic rings. The highest BCUT2D eigenvalue weighted by Crippen LogP contribution is 2.19. The van der Waals surface area contributed by atoms with Crippen LogP contribution in [0.2, 0.25) is 0 Å². The molecule has 0 aliphatic heterocycles. The van der Waals surface area contributed by atoms with E-state index in [4.69, 9.17) is 0 Å². The Bertz CT molecular complexity index is 642. The van der Waals surface area contributed by atoms with Crippen LogP contribution in [0.4, 0.5) is 9.18 Å². The molecule has 5 heteroatoms. The molecule has 0 heterocycles. The maximum absolute atomic E-state index is 12.9. The summed E-state index contributed by atoms with van der Waals surface area (Å²) in [6, 6.07) is 16.2. The van der Waals surface area contributed by atoms with Gasteiger partial charge in [-0.2, -0.15) is 0 Å². The number of rotatable bonds is 8. The highest BCUT2D eigenvalue weighted by molar-refractivity contribution is 5.73. The summed E-state index contributed by atoms with van der Waals surface area (Å²) < 4.78 is 12.9. The molecular weight excluding hydrogens is 317 g/mol. The number of nitrogens with one attached hydrogen (secondary N) is 2. The molecule has 1 atom stereocenters. The summed E-state index contributed by atoms with van der Waals surface area (Å²) >= 11 is 0. The van der Waals surface area contributed by atoms with Crippen molar-refractivity contribution in [1.82, 2.24) is 15.5 Å². The molecule has 0 aliphatic rings. The van der Waals surface area contributed by atoms with Crippen LogP contribution < -0.4 is 10.6 Å². The van der Waals surface area contributed by atoms with Crippen LogP contribution in [0.15, 0.2) is 54.6 Å². The number of nitrogens with zero attached hydrogens (tertiary/aromatic N) is 1. The average molecular weight is 343 g/mol. The van der Waals surface area contributed by atoms with E-state index in [1.54, 1.807) is 12.1 Å². The van der Waals surface area contributed by atoms with Crippen molar-refractivity contribution in [1.29, 1.82) is 0 Å². The predicted molar refractivity (Wildman–Crippen MR) is 98.7 cm³/mol. The summed E-state index contributed by atoms with van der Waals surface area (Å²) in [5, 5.41) is 5.76. The minimum Gasteiger partial charge on any atom is -0.336 e. The van der Waals surface area contributed by atoms with Crippen molar-refractivity contribution >= 4 is 6.03 Å². The molecule has 2 N–H and O–H groups in total. The monoisotopic (exact) mass is 343 g/mol. The smallest absolute Gasteiger partial charge is 0.315 e. The molecule has 0 saturated carbocycles. The van der Waals surface area contributed by atoms with Gasteiger partial charge in [-0.25, -0.2) is 9.18 Å². The molecule has 0 aromatic heterocycles. The lowest BCUT2D eigenvalue weighted by molar-refractivity contribution is 0.206. The van der Waals surface area contributed by atoms with Gasteiger partial charge in [-0.05, 0) is 36.3 Å². The molecule has 0 aliphatic carbocycles. The number of hydrogen-bond donors (Lipinski definition) is 2. The zero-order chi connectivity index (χ0) is 18.1. The largest absolute Gasteiger partial charge is 0.336 e. The Morgan fingerprint density at radius 2 is 1.64 bits per heavy atom. The second-order valence-corrected chi connectivity index (χ2v) is 5.84. The third-order valence-electron chi connectivity index (χ3n) is 4.26. The van der Waals surface area contributed by atoms with Crippen molar-refractivity contribution in [3.8, 4) is 0 Å². The molecule has 0 saturated heterocycles. The number of hydrogen-bond acceptors (Lipinski definition) is 2. The predicted octanol–water partition coefficient (Wildman–Crippen LogP) is 3.71. The molecular formula is C20H26FN3O. The maximum Gasteiger partial charge on any atom is 0.315 e. The Balaban J connectivity index is 1.90. The van der Waals surface area contributed by atoms with E-state index in [1.165, 1.54) is 17.7 Å². The summed E-state index contributed by atoms with van der Waals surface area (Å²) in [4.78, 5) is 14.4. The quantitative estimate of drug-likeness (QED) is 0.767. The Labute approximate surface area is 149 Å². The molecule has 2 amide bonds. The van der Waals surface area contributed by atoms with Crippen molar-refractivity contribution in [3.05, 3.63) is 71.5 Å². The highest BCUT2D eigenvalue weighted by Gasteiger charge is 2.18. The molecule has 4 nitrogen and oxygen atoms in total. The Morgan fingerprint density at radius 3 is 2.24 bits per heavy atom. The van der Waals surface area contributed by atoms with Crippen LogP contribution in [-0.4, -0.2) is 30.6 Å². The fourth-order valence-corrected chi connectivity index (χ4v) is 2.83. The van der Waals surface area contributed by atoms with Crippen LogP contribution >= 0.6 is 0 Å². The van der Waals surface area contributed by atoms with E-state index in [2.05, 4.69) is 41.5 Å². The summed E-state index contributed by atoms with van der Waals surface area (Å²) in [7, 11) is 0. The van der Waals surface area contributed by atoms with E-state index in [9.17, 15) is 9.18 Å². The van der Waals surface area contributed by atoms with Crippen LogP contribution in [0.3, 0.4) is 0 Å². The first-order chi connectivity index (χ1) is 12.1. The van der Waals surface area contributed by atoms with E-state index in [1.807, 2.05) is 18.2 Å². The van der Waals surface area contributed by atoms with Gasteiger partial charge in [-0.1, -0.05) is 56.3 Å². The minimum atomic E-state index is -0.280. The standard InChI is InChI=1S/C20H26FN3O/c1-3-24(4-2)19(17-8-6-5-7-9-17)15-23-20(25)22-14-16-10-12-18(21)13-11-16/h5-13,19H,3-4,14-15H2,1-2H3,(H2,22,23,25). The zero-order valence-electron chi connectivity index (χ0n) is 14.8. The highest BCUT2D eigenvalue weighted by atomic mass is 19.1. The second kappa shape index (κ2) is 9.79. The Morgan fingerprint density at radius 1 is 1.00 bits per heavy atom. The van der Waals surface area contributed by atoms with E-state index in [-0.39, 0.29) is 17.9 Å². The van der Waals surface area contributed by atoms with Gasteiger partial charge < -0.3 is 10.6 Å². The van der Waals surface area contributed by atoms with E-state index >= 15 is 0 Å². The van der Waals surface area contributed by atoms with Crippen LogP contribution in [0.5, 0.6) is 0 Å². The normalized spacial score (nSPS) is 12.0. The minimum absolute atomic E-state index is 0.132. The van der Waals surface area contributed by atoms with Gasteiger partial charge in [0.1, 0.15) is 5.82 Å². The van der Waals surface area contributed by atoms with Crippen molar-refractivity contribution in [2.24, 2.45) is 0 Å². The maximum atomic E-state index is 12.9. The number of likely N-dealkylation sites (N-methyl/N-ethyl adjacent to an activating group) is 1. The van der Waals surface area contributed by atoms with Crippen molar-refractivity contribution in [2.75, 3.05) is 19.6 Å². The van der Waals surface area contributed by atoms with Gasteiger partial charge >= 0.3 is 6.03 Å². The molecule has 0 spiro atoms. The SMILES string of the molecule is CCN(CC)C(CNC(=O)NCc1ccc(F)cc1)c1ccccc1. The zero-order valence-corrected chi connectivity index (χ0v) is 14.8. The lowest BCUT2D eigenvalue weighted by Crippen LogP contribution is -2.42. The number of carbonyl (C=O) groups is 1. The molecule has 2 rings (SSSR count). The lowest BCUT2D eigenvalue weighted by Gasteiger charge is -2.30. The van der Waals surface area contributed by atoms with E-state index in [0.717, 1.165) is 18.7 Å². The van der Waals surface area contributed by atoms with Crippen molar-refractivity contribution < 1.29 is 9.18 Å². The number of amides is 2. The van der Waals surface area contributed by atoms with Gasteiger partial charge in [0.25, 0.3) is 0 Å². The first kappa shape index (κ1) is 18.9. The Hall–Kier alpha value is -2.40. The van der Waals surface area contributed by atoms with Gasteiger partial charge in [-0.15, -0.1) is 0 Å². The lowest BCUT2D eigenvalue weighted by atomic mass is 10.1. The summed E-state index contributed by atoms with van der Waals surface area (Å²) in [6.45, 7) is 6.96. The third-order valence-corrected chi connectivity index (χ3v) is 4.26. The van der Waals surface area contributed by atoms with Crippen LogP contribution in [0, 0.1) is 5.82 Å². The topological polar surface area (TPSA) is 44.4 Å². The second-order valence-electron chi connectivity index (χ2n) is 5.84. The molecule has 25 heavy (non-hydrogen) atoms. The fraction of sp³-hybridized carbons (Fsp3) is 0.350. The number of urea groups is 1. The first-order valence-electron chi connectivity index (χ1n) is 8.69. The van der Waals surface area contributed by atoms with E-state index < -0.39 is 0 Å². The van der Waals surface area contributed by atoms with Crippen LogP contribution in [0.25, 0.3) is 0 Å². The summed E-state index contributed by atoms with van der Waals surface area (Å²) in [5.74, 6) is -0.280. The molecule has 1 unspecified atom stereocenters. The molecule has 0 fully saturated rings. The molecule has 0 bridgehead atoms. The number of carbonyl (C=O) groups excluding carboxylic acids is 1.